The fraction of sp³-hybridized carbons (Fsp3) is 0.526. The van der Waals surface area contributed by atoms with Crippen molar-refractivity contribution in [2.75, 3.05) is 0 Å². The zero-order valence-electron chi connectivity index (χ0n) is 14.0. The second kappa shape index (κ2) is 8.08. The van der Waals surface area contributed by atoms with Gasteiger partial charge in [-0.05, 0) is 25.0 Å². The molecule has 0 spiro atoms. The van der Waals surface area contributed by atoms with Crippen LogP contribution in [0, 0.1) is 0 Å². The molecule has 132 valence electrons. The summed E-state index contributed by atoms with van der Waals surface area (Å²) >= 11 is 0. The predicted octanol–water partition coefficient (Wildman–Crippen LogP) is 3.28. The van der Waals surface area contributed by atoms with Crippen molar-refractivity contribution in [2.24, 2.45) is 0 Å². The van der Waals surface area contributed by atoms with E-state index in [1.54, 1.807) is 17.9 Å². The first-order valence-electron chi connectivity index (χ1n) is 8.18. The highest BCUT2D eigenvalue weighted by molar-refractivity contribution is 6.07. The second-order valence-electron chi connectivity index (χ2n) is 6.20. The van der Waals surface area contributed by atoms with Crippen molar-refractivity contribution in [2.45, 2.75) is 66.0 Å². The molecule has 0 unspecified atom stereocenters. The average molecular weight is 332 g/mol. The molecule has 1 fully saturated rings. The highest BCUT2D eigenvalue weighted by atomic mass is 16.2. The molecule has 3 amide bonds. The lowest BCUT2D eigenvalue weighted by atomic mass is 9.89. The van der Waals surface area contributed by atoms with Crippen molar-refractivity contribution >= 4 is 17.7 Å². The van der Waals surface area contributed by atoms with Gasteiger partial charge < -0.3 is 4.90 Å². The number of imide groups is 1. The highest BCUT2D eigenvalue weighted by Gasteiger charge is 2.48. The molecule has 3 rings (SSSR count). The minimum absolute atomic E-state index is 0. The number of hydrogen-bond acceptors (Lipinski definition) is 3. The molecule has 0 saturated carbocycles. The number of nitrogens with one attached hydrogen (secondary N) is 1. The topological polar surface area (TPSA) is 66.5 Å². The molecule has 2 aliphatic rings. The van der Waals surface area contributed by atoms with Gasteiger partial charge in [-0.3, -0.25) is 19.7 Å². The second-order valence-corrected chi connectivity index (χ2v) is 6.20. The molecule has 1 atom stereocenters. The Morgan fingerprint density at radius 1 is 1.12 bits per heavy atom. The highest BCUT2D eigenvalue weighted by Crippen LogP contribution is 2.33. The maximum absolute atomic E-state index is 12.4. The first-order valence-corrected chi connectivity index (χ1v) is 8.18. The maximum atomic E-state index is 12.4. The van der Waals surface area contributed by atoms with Gasteiger partial charge in [-0.2, -0.15) is 0 Å². The van der Waals surface area contributed by atoms with Crippen molar-refractivity contribution in [1.82, 2.24) is 10.2 Å². The summed E-state index contributed by atoms with van der Waals surface area (Å²) in [6.07, 6.45) is 3.28. The van der Waals surface area contributed by atoms with Crippen LogP contribution < -0.4 is 5.32 Å². The standard InChI is InChI=1S/C14H14N2O3.C4H10.CH4/c1-14(7-6-11(17)15-13(14)19)16-8-9-4-2-3-5-10(9)12(16)18;1-3-4-2;/h2-5H,6-8H2,1H3,(H,15,17,19);3-4H2,1-2H3;1H4/t14-;;/m0../s1. The molecule has 2 aliphatic heterocycles. The molecule has 5 nitrogen and oxygen atoms in total. The molecule has 1 N–H and O–H groups in total. The van der Waals surface area contributed by atoms with Crippen LogP contribution >= 0.6 is 0 Å². The van der Waals surface area contributed by atoms with Crippen LogP contribution in [0.4, 0.5) is 0 Å². The quantitative estimate of drug-likeness (QED) is 0.845. The van der Waals surface area contributed by atoms with Crippen molar-refractivity contribution in [1.29, 1.82) is 0 Å². The lowest BCUT2D eigenvalue weighted by Crippen LogP contribution is -2.61. The zero-order valence-corrected chi connectivity index (χ0v) is 14.0. The number of piperidine rings is 1. The summed E-state index contributed by atoms with van der Waals surface area (Å²) in [6.45, 7) is 6.51. The molecule has 1 aromatic rings. The van der Waals surface area contributed by atoms with Gasteiger partial charge in [0.15, 0.2) is 0 Å². The Hall–Kier alpha value is -2.17. The molecule has 5 heteroatoms. The molecular formula is C19H28N2O3. The number of benzene rings is 1. The van der Waals surface area contributed by atoms with Gasteiger partial charge in [0.2, 0.25) is 5.91 Å². The van der Waals surface area contributed by atoms with E-state index in [0.29, 0.717) is 18.5 Å². The molecular weight excluding hydrogens is 304 g/mol. The summed E-state index contributed by atoms with van der Waals surface area (Å²) < 4.78 is 0. The van der Waals surface area contributed by atoms with Crippen LogP contribution in [0.15, 0.2) is 24.3 Å². The van der Waals surface area contributed by atoms with Crippen LogP contribution in [-0.2, 0) is 16.1 Å². The van der Waals surface area contributed by atoms with Crippen LogP contribution in [0.2, 0.25) is 0 Å². The lowest BCUT2D eigenvalue weighted by molar-refractivity contribution is -0.142. The minimum Gasteiger partial charge on any atom is -0.320 e. The van der Waals surface area contributed by atoms with Crippen molar-refractivity contribution in [3.63, 3.8) is 0 Å². The fourth-order valence-electron chi connectivity index (χ4n) is 2.70. The molecule has 24 heavy (non-hydrogen) atoms. The number of carbonyl (C=O) groups excluding carboxylic acids is 3. The van der Waals surface area contributed by atoms with E-state index in [2.05, 4.69) is 19.2 Å². The third-order valence-corrected chi connectivity index (χ3v) is 4.50. The van der Waals surface area contributed by atoms with Crippen LogP contribution in [0.1, 0.15) is 69.8 Å². The van der Waals surface area contributed by atoms with Crippen LogP contribution in [0.3, 0.4) is 0 Å². The number of nitrogens with zero attached hydrogens (tertiary/aromatic N) is 1. The molecule has 0 bridgehead atoms. The Kier molecular flexibility index (Phi) is 6.70. The van der Waals surface area contributed by atoms with Gasteiger partial charge >= 0.3 is 0 Å². The van der Waals surface area contributed by atoms with E-state index in [9.17, 15) is 14.4 Å². The predicted molar refractivity (Wildman–Crippen MR) is 94.4 cm³/mol. The molecule has 1 aromatic carbocycles. The summed E-state index contributed by atoms with van der Waals surface area (Å²) in [6, 6.07) is 7.35. The summed E-state index contributed by atoms with van der Waals surface area (Å²) in [7, 11) is 0. The van der Waals surface area contributed by atoms with Gasteiger partial charge in [0.25, 0.3) is 11.8 Å². The van der Waals surface area contributed by atoms with E-state index in [4.69, 9.17) is 0 Å². The molecule has 0 radical (unpaired) electrons. The molecule has 1 saturated heterocycles. The summed E-state index contributed by atoms with van der Waals surface area (Å²) in [5.41, 5.74) is 0.635. The minimum atomic E-state index is -0.940. The Labute approximate surface area is 144 Å². The van der Waals surface area contributed by atoms with E-state index in [-0.39, 0.29) is 31.6 Å². The Bertz CT molecular complexity index is 625. The van der Waals surface area contributed by atoms with Gasteiger partial charge in [0.05, 0.1) is 0 Å². The van der Waals surface area contributed by atoms with Crippen LogP contribution in [0.5, 0.6) is 0 Å². The van der Waals surface area contributed by atoms with E-state index in [1.807, 2.05) is 18.2 Å². The SMILES string of the molecule is C.CCCC.C[C@]1(N2Cc3ccccc3C2=O)CCC(=O)NC1=O. The first kappa shape index (κ1) is 19.9. The lowest BCUT2D eigenvalue weighted by Gasteiger charge is -2.39. The number of carbonyl (C=O) groups is 3. The average Bonchev–Trinajstić information content (AvgIpc) is 2.90. The van der Waals surface area contributed by atoms with Crippen LogP contribution in [-0.4, -0.2) is 28.2 Å². The van der Waals surface area contributed by atoms with E-state index in [1.165, 1.54) is 12.8 Å². The first-order chi connectivity index (χ1) is 10.9. The monoisotopic (exact) mass is 332 g/mol. The number of rotatable bonds is 2. The summed E-state index contributed by atoms with van der Waals surface area (Å²) in [5.74, 6) is -0.792. The Morgan fingerprint density at radius 2 is 1.75 bits per heavy atom. The third kappa shape index (κ3) is 3.66. The molecule has 0 aliphatic carbocycles. The Balaban J connectivity index is 0.000000522. The fourth-order valence-corrected chi connectivity index (χ4v) is 2.70. The van der Waals surface area contributed by atoms with Gasteiger partial charge in [0, 0.05) is 18.5 Å². The number of hydrogen-bond donors (Lipinski definition) is 1. The summed E-state index contributed by atoms with van der Waals surface area (Å²) in [5, 5.41) is 2.32. The molecule has 2 heterocycles. The van der Waals surface area contributed by atoms with E-state index < -0.39 is 5.54 Å². The van der Waals surface area contributed by atoms with Gasteiger partial charge in [0.1, 0.15) is 5.54 Å². The van der Waals surface area contributed by atoms with E-state index >= 15 is 0 Å². The van der Waals surface area contributed by atoms with Crippen molar-refractivity contribution < 1.29 is 14.4 Å². The largest absolute Gasteiger partial charge is 0.320 e. The normalized spacial score (nSPS) is 22.1. The van der Waals surface area contributed by atoms with Gasteiger partial charge in [-0.25, -0.2) is 0 Å². The number of fused-ring (bicyclic) bond motifs is 1. The van der Waals surface area contributed by atoms with Crippen molar-refractivity contribution in [3.8, 4) is 0 Å². The van der Waals surface area contributed by atoms with E-state index in [0.717, 1.165) is 5.56 Å². The van der Waals surface area contributed by atoms with Crippen molar-refractivity contribution in [3.05, 3.63) is 35.4 Å². The zero-order chi connectivity index (χ0) is 17.0. The number of unbranched alkanes of at least 4 members (excludes halogenated alkanes) is 1. The maximum Gasteiger partial charge on any atom is 0.255 e. The number of amides is 3. The van der Waals surface area contributed by atoms with Gasteiger partial charge in [-0.1, -0.05) is 52.3 Å². The Morgan fingerprint density at radius 3 is 2.29 bits per heavy atom. The summed E-state index contributed by atoms with van der Waals surface area (Å²) in [4.78, 5) is 37.3. The smallest absolute Gasteiger partial charge is 0.255 e. The third-order valence-electron chi connectivity index (χ3n) is 4.50. The van der Waals surface area contributed by atoms with Crippen LogP contribution in [0.25, 0.3) is 0 Å². The van der Waals surface area contributed by atoms with Gasteiger partial charge in [-0.15, -0.1) is 0 Å². The molecule has 0 aromatic heterocycles.